The van der Waals surface area contributed by atoms with Crippen molar-refractivity contribution in [1.82, 2.24) is 25.3 Å². The van der Waals surface area contributed by atoms with Crippen LogP contribution < -0.4 is 20.5 Å². The highest BCUT2D eigenvalue weighted by Gasteiger charge is 2.53. The molecule has 2 atom stereocenters. The number of hydrogen-bond donors (Lipinski definition) is 2. The van der Waals surface area contributed by atoms with Gasteiger partial charge in [-0.3, -0.25) is 19.6 Å². The second kappa shape index (κ2) is 18.9. The van der Waals surface area contributed by atoms with Gasteiger partial charge in [-0.05, 0) is 111 Å². The number of halogens is 2. The number of esters is 2. The van der Waals surface area contributed by atoms with Crippen LogP contribution in [0.3, 0.4) is 0 Å². The summed E-state index contributed by atoms with van der Waals surface area (Å²) in [6.45, 7) is 9.99. The SMILES string of the molecule is CCOC(=O)C(CC12CCC(N)(CC1)CO2)c1c(F)cnc2ccc(OC)nc12.CCOC(=O)C(CC12CCC(NC(=O)OC(C)(C)C)(CC1)CO2)c1c(F)cnc2ccc(OC)nc12. The van der Waals surface area contributed by atoms with Gasteiger partial charge in [0.1, 0.15) is 17.2 Å². The van der Waals surface area contributed by atoms with Crippen molar-refractivity contribution >= 4 is 40.1 Å². The second-order valence-corrected chi connectivity index (χ2v) is 18.7. The van der Waals surface area contributed by atoms with Crippen molar-refractivity contribution < 1.29 is 56.3 Å². The topological polar surface area (TPSA) is 205 Å². The molecule has 4 saturated heterocycles. The fraction of sp³-hybridized carbons (Fsp3) is 0.596. The van der Waals surface area contributed by atoms with Crippen LogP contribution in [0.5, 0.6) is 11.8 Å². The van der Waals surface area contributed by atoms with Crippen molar-refractivity contribution in [3.63, 3.8) is 0 Å². The van der Waals surface area contributed by atoms with Crippen molar-refractivity contribution in [3.05, 3.63) is 59.4 Å². The van der Waals surface area contributed by atoms with Gasteiger partial charge in [-0.2, -0.15) is 0 Å². The molecule has 2 unspecified atom stereocenters. The zero-order chi connectivity index (χ0) is 46.8. The first-order chi connectivity index (χ1) is 30.9. The third kappa shape index (κ3) is 10.4. The quantitative estimate of drug-likeness (QED) is 0.0999. The van der Waals surface area contributed by atoms with Crippen molar-refractivity contribution in [1.29, 1.82) is 0 Å². The van der Waals surface area contributed by atoms with Crippen molar-refractivity contribution in [3.8, 4) is 11.8 Å². The van der Waals surface area contributed by atoms with E-state index in [0.29, 0.717) is 67.0 Å². The minimum absolute atomic E-state index is 0.129. The van der Waals surface area contributed by atoms with Crippen LogP contribution in [0.25, 0.3) is 22.1 Å². The molecule has 0 radical (unpaired) electrons. The molecule has 4 aromatic heterocycles. The molecule has 3 N–H and O–H groups in total. The number of pyridine rings is 4. The second-order valence-electron chi connectivity index (χ2n) is 18.7. The standard InChI is InChI=1S/C26H34FN3O6.C21H26FN3O4/c1-6-34-22(31)16(20-17(27)14-28-18-7-8-19(33-5)29-21(18)20)13-26-11-9-25(10-12-26,15-35-26)30-23(32)36-24(2,3)4;1-3-28-19(26)13(10-21-8-6-20(23,7-9-21)12-29-21)17-14(22)11-24-15-4-5-16(27-2)25-18(15)17/h7-8,14,16H,6,9-13,15H2,1-5H3,(H,30,32);4-5,11,13H,3,6-10,12,23H2,1-2H3. The van der Waals surface area contributed by atoms with Gasteiger partial charge in [0, 0.05) is 28.8 Å². The average Bonchev–Trinajstić information content (AvgIpc) is 3.28. The number of rotatable bonds is 13. The summed E-state index contributed by atoms with van der Waals surface area (Å²) in [4.78, 5) is 55.6. The molecule has 352 valence electrons. The third-order valence-electron chi connectivity index (χ3n) is 13.1. The summed E-state index contributed by atoms with van der Waals surface area (Å²) in [6, 6.07) is 6.67. The van der Waals surface area contributed by atoms with Crippen LogP contribution in [0.1, 0.15) is 122 Å². The fourth-order valence-corrected chi connectivity index (χ4v) is 9.58. The number of nitrogens with two attached hydrogens (primary N) is 1. The number of carbonyl (C=O) groups is 3. The molecule has 2 aliphatic carbocycles. The van der Waals surface area contributed by atoms with Gasteiger partial charge < -0.3 is 44.2 Å². The molecule has 8 heterocycles. The molecule has 2 saturated carbocycles. The molecule has 16 nitrogen and oxygen atoms in total. The number of amides is 1. The minimum atomic E-state index is -0.945. The summed E-state index contributed by atoms with van der Waals surface area (Å²) >= 11 is 0. The van der Waals surface area contributed by atoms with E-state index < -0.39 is 63.8 Å². The van der Waals surface area contributed by atoms with Crippen molar-refractivity contribution in [2.24, 2.45) is 5.73 Å². The smallest absolute Gasteiger partial charge is 0.408 e. The Hall–Kier alpha value is -5.33. The lowest BCUT2D eigenvalue weighted by Crippen LogP contribution is -2.63. The normalized spacial score (nSPS) is 25.5. The van der Waals surface area contributed by atoms with E-state index in [0.717, 1.165) is 38.1 Å². The average molecular weight is 907 g/mol. The lowest BCUT2D eigenvalue weighted by atomic mass is 9.67. The zero-order valence-corrected chi connectivity index (χ0v) is 38.2. The maximum atomic E-state index is 15.3. The van der Waals surface area contributed by atoms with Gasteiger partial charge in [0.25, 0.3) is 0 Å². The number of nitrogens with one attached hydrogen (secondary N) is 1. The summed E-state index contributed by atoms with van der Waals surface area (Å²) in [7, 11) is 2.96. The Bertz CT molecular complexity index is 2360. The number of alkyl carbamates (subject to hydrolysis) is 1. The molecule has 4 bridgehead atoms. The summed E-state index contributed by atoms with van der Waals surface area (Å²) in [6.07, 6.45) is 7.94. The number of aromatic nitrogens is 4. The number of hydrogen-bond acceptors (Lipinski definition) is 15. The minimum Gasteiger partial charge on any atom is -0.481 e. The molecule has 4 aliphatic heterocycles. The van der Waals surface area contributed by atoms with Gasteiger partial charge >= 0.3 is 18.0 Å². The van der Waals surface area contributed by atoms with E-state index in [4.69, 9.17) is 38.9 Å². The molecule has 65 heavy (non-hydrogen) atoms. The Kier molecular flexibility index (Phi) is 13.8. The van der Waals surface area contributed by atoms with Crippen molar-refractivity contribution in [2.45, 2.75) is 139 Å². The first-order valence-corrected chi connectivity index (χ1v) is 22.3. The lowest BCUT2D eigenvalue weighted by molar-refractivity contribution is -0.173. The Balaban J connectivity index is 0.000000198. The van der Waals surface area contributed by atoms with Crippen LogP contribution in [-0.2, 0) is 33.3 Å². The molecule has 10 rings (SSSR count). The van der Waals surface area contributed by atoms with Crippen LogP contribution in [0, 0.1) is 11.6 Å². The number of nitrogens with zero attached hydrogens (tertiary/aromatic N) is 4. The maximum absolute atomic E-state index is 15.3. The molecular weight excluding hydrogens is 847 g/mol. The van der Waals surface area contributed by atoms with E-state index in [9.17, 15) is 14.4 Å². The summed E-state index contributed by atoms with van der Waals surface area (Å²) in [5.74, 6) is -3.44. The van der Waals surface area contributed by atoms with Crippen LogP contribution in [0.2, 0.25) is 0 Å². The predicted octanol–water partition coefficient (Wildman–Crippen LogP) is 7.28. The predicted molar refractivity (Wildman–Crippen MR) is 233 cm³/mol. The molecule has 0 aromatic carbocycles. The van der Waals surface area contributed by atoms with Crippen LogP contribution >= 0.6 is 0 Å². The van der Waals surface area contributed by atoms with Gasteiger partial charge in [-0.25, -0.2) is 23.5 Å². The number of fused-ring (bicyclic) bond motifs is 8. The van der Waals surface area contributed by atoms with E-state index >= 15 is 8.78 Å². The summed E-state index contributed by atoms with van der Waals surface area (Å²) in [5, 5.41) is 3.00. The molecular formula is C47H60F2N6O10. The van der Waals surface area contributed by atoms with Crippen LogP contribution in [0.4, 0.5) is 13.6 Å². The first kappa shape index (κ1) is 47.6. The first-order valence-electron chi connectivity index (χ1n) is 22.3. The molecule has 6 aliphatic rings. The number of ether oxygens (including phenoxy) is 7. The molecule has 1 amide bonds. The summed E-state index contributed by atoms with van der Waals surface area (Å²) < 4.78 is 69.3. The van der Waals surface area contributed by atoms with Crippen LogP contribution in [0.15, 0.2) is 36.7 Å². The zero-order valence-electron chi connectivity index (χ0n) is 38.2. The van der Waals surface area contributed by atoms with Gasteiger partial charge in [-0.1, -0.05) is 0 Å². The Morgan fingerprint density at radius 1 is 0.723 bits per heavy atom. The Morgan fingerprint density at radius 2 is 1.17 bits per heavy atom. The number of carbonyl (C=O) groups excluding carboxylic acids is 3. The maximum Gasteiger partial charge on any atom is 0.408 e. The highest BCUT2D eigenvalue weighted by Crippen LogP contribution is 2.50. The van der Waals surface area contributed by atoms with E-state index in [1.165, 1.54) is 14.2 Å². The number of methoxy groups -OCH3 is 2. The van der Waals surface area contributed by atoms with E-state index in [-0.39, 0.29) is 48.4 Å². The van der Waals surface area contributed by atoms with Gasteiger partial charge in [0.15, 0.2) is 0 Å². The Morgan fingerprint density at radius 3 is 1.54 bits per heavy atom. The van der Waals surface area contributed by atoms with E-state index in [1.807, 2.05) is 20.8 Å². The lowest BCUT2D eigenvalue weighted by Gasteiger charge is -2.53. The third-order valence-corrected chi connectivity index (χ3v) is 13.1. The van der Waals surface area contributed by atoms with E-state index in [2.05, 4.69) is 25.3 Å². The van der Waals surface area contributed by atoms with E-state index in [1.54, 1.807) is 38.1 Å². The molecule has 18 heteroatoms. The highest BCUT2D eigenvalue weighted by atomic mass is 19.1. The van der Waals surface area contributed by atoms with Crippen molar-refractivity contribution in [2.75, 3.05) is 40.6 Å². The summed E-state index contributed by atoms with van der Waals surface area (Å²) in [5.41, 5.74) is 5.56. The Labute approximate surface area is 377 Å². The van der Waals surface area contributed by atoms with Gasteiger partial charge in [-0.15, -0.1) is 0 Å². The molecule has 4 aromatic rings. The van der Waals surface area contributed by atoms with Gasteiger partial charge in [0.05, 0.1) is 104 Å². The molecule has 0 spiro atoms. The fourth-order valence-electron chi connectivity index (χ4n) is 9.58. The molecule has 6 fully saturated rings. The monoisotopic (exact) mass is 906 g/mol. The van der Waals surface area contributed by atoms with Crippen LogP contribution in [-0.4, -0.2) is 106 Å². The largest absolute Gasteiger partial charge is 0.481 e. The van der Waals surface area contributed by atoms with Gasteiger partial charge in [0.2, 0.25) is 11.8 Å². The highest BCUT2D eigenvalue weighted by molar-refractivity contribution is 5.88.